The number of carbonyl (C=O) groups is 4. The number of nitrogens with one attached hydrogen (secondary N) is 7. The molecular formula is C72H89N9O17. The number of carbonyl (C=O) groups excluding carboxylic acids is 4. The van der Waals surface area contributed by atoms with Crippen LogP contribution in [0.25, 0.3) is 0 Å². The average Bonchev–Trinajstić information content (AvgIpc) is 1.19. The van der Waals surface area contributed by atoms with Crippen molar-refractivity contribution in [2.45, 2.75) is 168 Å². The molecule has 7 heterocycles. The Kier molecular flexibility index (Phi) is 20.6. The summed E-state index contributed by atoms with van der Waals surface area (Å²) in [6.45, 7) is 0.558. The number of dihydropyridines is 1. The number of hydrogen-bond donors (Lipinski definition) is 16. The Balaban J connectivity index is 1.10. The molecule has 524 valence electrons. The van der Waals surface area contributed by atoms with Gasteiger partial charge in [0.2, 0.25) is 12.2 Å². The molecule has 17 unspecified atom stereocenters. The summed E-state index contributed by atoms with van der Waals surface area (Å²) in [6, 6.07) is 18.6. The van der Waals surface area contributed by atoms with Crippen LogP contribution in [0.1, 0.15) is 135 Å². The number of benzene rings is 4. The highest BCUT2D eigenvalue weighted by Gasteiger charge is 2.65. The molecule has 17 N–H and O–H groups in total. The van der Waals surface area contributed by atoms with Gasteiger partial charge in [-0.2, -0.15) is 0 Å². The highest BCUT2D eigenvalue weighted by atomic mass is 16.7. The first-order chi connectivity index (χ1) is 47.3. The summed E-state index contributed by atoms with van der Waals surface area (Å²) in [6.07, 6.45) is -7.98. The number of fused-ring (bicyclic) bond motifs is 12. The number of rotatable bonds is 17. The number of aldehydes is 1. The molecule has 26 nitrogen and oxygen atoms in total. The maximum absolute atomic E-state index is 15.8. The Bertz CT molecular complexity index is 3800. The van der Waals surface area contributed by atoms with Crippen LogP contribution in [0.5, 0.6) is 11.5 Å². The Morgan fingerprint density at radius 2 is 1.77 bits per heavy atom. The lowest BCUT2D eigenvalue weighted by atomic mass is 9.73. The lowest BCUT2D eigenvalue weighted by molar-refractivity contribution is -0.336. The van der Waals surface area contributed by atoms with Gasteiger partial charge in [0, 0.05) is 78.4 Å². The third kappa shape index (κ3) is 13.3. The summed E-state index contributed by atoms with van der Waals surface area (Å²) < 4.78 is 36.4. The lowest BCUT2D eigenvalue weighted by Crippen LogP contribution is -2.72. The SMILES string of the molecule is CNCc1cc2cc(c1)C(CCO)C(O)C(C1=CCNC(NNCC(C)O)=C1)COC1C3Oc4c(cc5c(c4OCC(O)CC=O)C(=O)c4cc(CO)ccc4C5=O)C(c4ccccc4N4CNC5C(=O)NC(N)NC54)C4CCC(O)C(C#CC(O)(C1O)C(O3)C1(CCCC1)OC4)C2. The zero-order valence-electron chi connectivity index (χ0n) is 54.8. The maximum atomic E-state index is 15.8. The van der Waals surface area contributed by atoms with Gasteiger partial charge in [0.05, 0.1) is 68.0 Å². The minimum absolute atomic E-state index is 0.0191. The first-order valence-corrected chi connectivity index (χ1v) is 34.1. The summed E-state index contributed by atoms with van der Waals surface area (Å²) in [5.41, 5.74) is 12.5. The molecule has 0 radical (unpaired) electrons. The van der Waals surface area contributed by atoms with E-state index in [2.05, 4.69) is 49.3 Å². The molecule has 3 saturated heterocycles. The van der Waals surface area contributed by atoms with Crippen molar-refractivity contribution in [2.24, 2.45) is 23.5 Å². The molecule has 2 aliphatic carbocycles. The van der Waals surface area contributed by atoms with E-state index in [1.165, 1.54) is 12.1 Å². The van der Waals surface area contributed by atoms with Crippen molar-refractivity contribution < 1.29 is 83.7 Å². The van der Waals surface area contributed by atoms with Crippen LogP contribution in [0, 0.1) is 29.6 Å². The van der Waals surface area contributed by atoms with Crippen molar-refractivity contribution in [3.63, 3.8) is 0 Å². The molecule has 1 saturated carbocycles. The molecule has 8 bridgehead atoms. The van der Waals surface area contributed by atoms with E-state index in [1.807, 2.05) is 60.5 Å². The summed E-state index contributed by atoms with van der Waals surface area (Å²) in [4.78, 5) is 59.3. The van der Waals surface area contributed by atoms with Crippen LogP contribution >= 0.6 is 0 Å². The molecular weight excluding hydrogens is 1260 g/mol. The normalized spacial score (nSPS) is 31.6. The Morgan fingerprint density at radius 3 is 2.54 bits per heavy atom. The van der Waals surface area contributed by atoms with E-state index in [-0.39, 0.29) is 104 Å². The van der Waals surface area contributed by atoms with Crippen LogP contribution in [-0.4, -0.2) is 197 Å². The number of aliphatic hydroxyl groups excluding tert-OH is 7. The molecule has 1 amide bonds. The van der Waals surface area contributed by atoms with E-state index in [1.54, 1.807) is 25.1 Å². The van der Waals surface area contributed by atoms with Gasteiger partial charge in [0.15, 0.2) is 28.7 Å². The Hall–Kier alpha value is -7.24. The van der Waals surface area contributed by atoms with Crippen LogP contribution in [0.15, 0.2) is 90.3 Å². The Morgan fingerprint density at radius 1 is 0.949 bits per heavy atom. The van der Waals surface area contributed by atoms with Crippen molar-refractivity contribution >= 4 is 29.4 Å². The second-order valence-corrected chi connectivity index (χ2v) is 27.5. The van der Waals surface area contributed by atoms with Crippen LogP contribution < -0.4 is 57.5 Å². The average molecular weight is 1350 g/mol. The molecule has 1 spiro atoms. The largest absolute Gasteiger partial charge is 0.486 e. The van der Waals surface area contributed by atoms with Gasteiger partial charge in [-0.3, -0.25) is 30.8 Å². The monoisotopic (exact) mass is 1350 g/mol. The predicted molar refractivity (Wildman–Crippen MR) is 354 cm³/mol. The van der Waals surface area contributed by atoms with Crippen molar-refractivity contribution in [2.75, 3.05) is 58.1 Å². The number of anilines is 1. The van der Waals surface area contributed by atoms with Gasteiger partial charge < -0.3 is 95.6 Å². The number of nitrogens with two attached hydrogens (primary N) is 1. The number of ketones is 2. The van der Waals surface area contributed by atoms with E-state index < -0.39 is 146 Å². The van der Waals surface area contributed by atoms with Crippen molar-refractivity contribution in [3.05, 3.63) is 146 Å². The van der Waals surface area contributed by atoms with Gasteiger partial charge in [0.1, 0.15) is 55.5 Å². The van der Waals surface area contributed by atoms with E-state index >= 15 is 9.59 Å². The first kappa shape index (κ1) is 69.2. The summed E-state index contributed by atoms with van der Waals surface area (Å²) in [7, 11) is 1.82. The summed E-state index contributed by atoms with van der Waals surface area (Å²) in [5, 5.41) is 114. The van der Waals surface area contributed by atoms with Gasteiger partial charge in [-0.05, 0) is 122 Å². The predicted octanol–water partition coefficient (Wildman–Crippen LogP) is 0.0176. The van der Waals surface area contributed by atoms with Crippen molar-refractivity contribution in [1.82, 2.24) is 37.4 Å². The number of ether oxygens (including phenoxy) is 5. The van der Waals surface area contributed by atoms with Gasteiger partial charge >= 0.3 is 0 Å². The summed E-state index contributed by atoms with van der Waals surface area (Å²) in [5.74, 6) is 0.0652. The number of para-hydroxylation sites is 1. The fourth-order valence-electron chi connectivity index (χ4n) is 16.2. The fraction of sp³-hybridized carbons (Fsp3) is 0.528. The molecule has 0 aromatic heterocycles. The van der Waals surface area contributed by atoms with E-state index in [9.17, 15) is 50.4 Å². The molecule has 17 atom stereocenters. The highest BCUT2D eigenvalue weighted by Crippen LogP contribution is 2.55. The maximum Gasteiger partial charge on any atom is 0.242 e. The number of hydrogen-bond acceptors (Lipinski definition) is 25. The van der Waals surface area contributed by atoms with Gasteiger partial charge in [-0.25, -0.2) is 5.43 Å². The second kappa shape index (κ2) is 29.1. The molecule has 9 aliphatic rings. The Labute approximate surface area is 567 Å². The number of aliphatic hydroxyl groups is 8. The lowest BCUT2D eigenvalue weighted by Gasteiger charge is -2.53. The molecule has 98 heavy (non-hydrogen) atoms. The van der Waals surface area contributed by atoms with Gasteiger partial charge in [-0.1, -0.05) is 73.2 Å². The summed E-state index contributed by atoms with van der Waals surface area (Å²) >= 11 is 0. The van der Waals surface area contributed by atoms with E-state index in [0.29, 0.717) is 72.3 Å². The van der Waals surface area contributed by atoms with Gasteiger partial charge in [0.25, 0.3) is 0 Å². The van der Waals surface area contributed by atoms with E-state index in [4.69, 9.17) is 29.4 Å². The number of hydrazine groups is 1. The fourth-order valence-corrected chi connectivity index (χ4v) is 16.2. The smallest absolute Gasteiger partial charge is 0.242 e. The molecule has 13 rings (SSSR count). The highest BCUT2D eigenvalue weighted by molar-refractivity contribution is 6.29. The third-order valence-corrected chi connectivity index (χ3v) is 21.0. The van der Waals surface area contributed by atoms with Crippen molar-refractivity contribution in [3.8, 4) is 23.3 Å². The second-order valence-electron chi connectivity index (χ2n) is 27.5. The molecule has 7 aliphatic heterocycles. The standard InChI is InChI=1S/C72H89N9O17/c1-37(85)30-77-80-55-28-41(14-20-75-55)52-35-95-64-65(91)72(93)19-13-42(24-39-23-40(31-74-2)26-44(25-39)46(16-22-83)59(52)88)54(87)12-10-43-33-96-71(17-5-6-18-71)69(72)98-68(64)97-62-51(56(43)48-7-3-4-8-53(48)81-36-76-58-66(81)78-70(73)79-67(58)92)29-50-57(63(62)94-34-45(86)15-21-82)61(90)49-27-38(32-84)9-11-47(49)60(50)89/h3-4,7-9,11,14,21,23,25-29,37,42-43,45-46,52,54,56,58-59,64-66,68-70,74-78,80,83-88,91,93H,5-6,10,12,15-18,20,22,24,30-36,73H2,1-2H3,(H,79,92). The number of nitrogens with zero attached hydrogens (tertiary/aromatic N) is 1. The zero-order valence-corrected chi connectivity index (χ0v) is 54.8. The first-order valence-electron chi connectivity index (χ1n) is 34.1. The van der Waals surface area contributed by atoms with Crippen LogP contribution in [0.3, 0.4) is 0 Å². The number of amides is 1. The molecule has 26 heteroatoms. The van der Waals surface area contributed by atoms with Crippen molar-refractivity contribution in [1.29, 1.82) is 0 Å². The van der Waals surface area contributed by atoms with Crippen LogP contribution in [-0.2, 0) is 43.4 Å². The minimum atomic E-state index is -2.61. The number of allylic oxidation sites excluding steroid dienone is 1. The molecule has 4 aromatic rings. The topological polar surface area (TPSA) is 390 Å². The zero-order chi connectivity index (χ0) is 68.7. The van der Waals surface area contributed by atoms with Crippen LogP contribution in [0.4, 0.5) is 5.69 Å². The van der Waals surface area contributed by atoms with E-state index in [0.717, 1.165) is 11.1 Å². The minimum Gasteiger partial charge on any atom is -0.486 e. The van der Waals surface area contributed by atoms with Gasteiger partial charge in [-0.15, -0.1) is 0 Å². The van der Waals surface area contributed by atoms with Crippen LogP contribution in [0.2, 0.25) is 0 Å². The molecule has 4 aromatic carbocycles. The molecule has 4 fully saturated rings. The third-order valence-electron chi connectivity index (χ3n) is 21.0. The quantitative estimate of drug-likeness (QED) is 0.0331.